The van der Waals surface area contributed by atoms with Crippen molar-refractivity contribution in [1.29, 1.82) is 0 Å². The fourth-order valence-corrected chi connectivity index (χ4v) is 4.07. The lowest BCUT2D eigenvalue weighted by molar-refractivity contribution is -1.02. The summed E-state index contributed by atoms with van der Waals surface area (Å²) in [5.74, 6) is 2.33. The lowest BCUT2D eigenvalue weighted by atomic mass is 10.0. The molecule has 0 aliphatic carbocycles. The zero-order chi connectivity index (χ0) is 21.0. The molecule has 1 aliphatic rings. The monoisotopic (exact) mass is 402 g/mol. The molecule has 8 nitrogen and oxygen atoms in total. The van der Waals surface area contributed by atoms with E-state index in [1.165, 1.54) is 4.90 Å². The van der Waals surface area contributed by atoms with Crippen LogP contribution < -0.4 is 19.3 Å². The van der Waals surface area contributed by atoms with E-state index >= 15 is 0 Å². The van der Waals surface area contributed by atoms with E-state index in [1.54, 1.807) is 19.1 Å². The lowest BCUT2D eigenvalue weighted by Gasteiger charge is -2.35. The quantitative estimate of drug-likeness (QED) is 0.612. The minimum absolute atomic E-state index is 0.0225. The molecule has 8 heteroatoms. The zero-order valence-electron chi connectivity index (χ0n) is 18.2. The number of ether oxygens (including phenoxy) is 2. The number of nitrogens with one attached hydrogen (secondary N) is 2. The molecule has 0 bridgehead atoms. The summed E-state index contributed by atoms with van der Waals surface area (Å²) in [6.07, 6.45) is 2.01. The summed E-state index contributed by atoms with van der Waals surface area (Å²) in [5.41, 5.74) is 0.924. The first-order chi connectivity index (χ1) is 13.9. The SMILES string of the molecule is C=CC[NH+]1CC[NH+]([C@H](c2ccc(OC)c(OC)c2)c2nnnn2C(C)(C)C)CC1. The zero-order valence-corrected chi connectivity index (χ0v) is 18.2. The van der Waals surface area contributed by atoms with Crippen LogP contribution in [-0.4, -0.2) is 67.2 Å². The molecule has 3 rings (SSSR count). The van der Waals surface area contributed by atoms with E-state index in [4.69, 9.17) is 9.47 Å². The van der Waals surface area contributed by atoms with E-state index in [-0.39, 0.29) is 11.6 Å². The van der Waals surface area contributed by atoms with Crippen LogP contribution in [0.4, 0.5) is 0 Å². The smallest absolute Gasteiger partial charge is 0.214 e. The Morgan fingerprint density at radius 3 is 2.41 bits per heavy atom. The summed E-state index contributed by atoms with van der Waals surface area (Å²) in [4.78, 5) is 3.04. The van der Waals surface area contributed by atoms with Crippen molar-refractivity contribution in [3.63, 3.8) is 0 Å². The molecule has 0 radical (unpaired) electrons. The third kappa shape index (κ3) is 4.59. The Labute approximate surface area is 173 Å². The molecule has 2 aromatic rings. The second kappa shape index (κ2) is 8.92. The molecule has 0 amide bonds. The highest BCUT2D eigenvalue weighted by Gasteiger charge is 2.37. The topological polar surface area (TPSA) is 70.9 Å². The van der Waals surface area contributed by atoms with Gasteiger partial charge in [-0.1, -0.05) is 6.58 Å². The van der Waals surface area contributed by atoms with E-state index in [2.05, 4.69) is 55.0 Å². The van der Waals surface area contributed by atoms with E-state index < -0.39 is 0 Å². The molecule has 0 saturated carbocycles. The summed E-state index contributed by atoms with van der Waals surface area (Å²) >= 11 is 0. The number of nitrogens with zero attached hydrogens (tertiary/aromatic N) is 4. The van der Waals surface area contributed by atoms with Crippen LogP contribution >= 0.6 is 0 Å². The maximum absolute atomic E-state index is 5.57. The van der Waals surface area contributed by atoms with Gasteiger partial charge in [-0.3, -0.25) is 0 Å². The van der Waals surface area contributed by atoms with Gasteiger partial charge in [-0.15, -0.1) is 5.10 Å². The number of benzene rings is 1. The van der Waals surface area contributed by atoms with Gasteiger partial charge in [-0.25, -0.2) is 4.68 Å². The van der Waals surface area contributed by atoms with Gasteiger partial charge in [0.2, 0.25) is 5.82 Å². The van der Waals surface area contributed by atoms with Gasteiger partial charge in [0.1, 0.15) is 26.2 Å². The normalized spacial score (nSPS) is 20.9. The Hall–Kier alpha value is -2.45. The van der Waals surface area contributed by atoms with E-state index in [0.29, 0.717) is 0 Å². The Balaban J connectivity index is 2.02. The maximum Gasteiger partial charge on any atom is 0.214 e. The molecule has 1 aliphatic heterocycles. The number of rotatable bonds is 7. The van der Waals surface area contributed by atoms with Gasteiger partial charge in [0, 0.05) is 5.56 Å². The van der Waals surface area contributed by atoms with Crippen LogP contribution in [0.2, 0.25) is 0 Å². The van der Waals surface area contributed by atoms with Gasteiger partial charge in [-0.2, -0.15) is 0 Å². The Morgan fingerprint density at radius 2 is 1.83 bits per heavy atom. The predicted molar refractivity (Wildman–Crippen MR) is 111 cm³/mol. The highest BCUT2D eigenvalue weighted by Crippen LogP contribution is 2.31. The van der Waals surface area contributed by atoms with Crippen molar-refractivity contribution in [2.45, 2.75) is 32.4 Å². The molecular weight excluding hydrogens is 368 g/mol. The van der Waals surface area contributed by atoms with Gasteiger partial charge in [-0.05, 0) is 55.5 Å². The first-order valence-electron chi connectivity index (χ1n) is 10.2. The summed E-state index contributed by atoms with van der Waals surface area (Å²) in [6.45, 7) is 15.6. The average molecular weight is 403 g/mol. The van der Waals surface area contributed by atoms with Crippen molar-refractivity contribution in [2.75, 3.05) is 46.9 Å². The van der Waals surface area contributed by atoms with Crippen molar-refractivity contribution >= 4 is 0 Å². The molecule has 0 spiro atoms. The number of hydrogen-bond donors (Lipinski definition) is 2. The first kappa shape index (κ1) is 21.3. The van der Waals surface area contributed by atoms with Gasteiger partial charge in [0.15, 0.2) is 17.5 Å². The van der Waals surface area contributed by atoms with E-state index in [9.17, 15) is 0 Å². The molecule has 2 heterocycles. The van der Waals surface area contributed by atoms with Crippen LogP contribution in [0.15, 0.2) is 30.9 Å². The van der Waals surface area contributed by atoms with Gasteiger partial charge in [0.25, 0.3) is 0 Å². The van der Waals surface area contributed by atoms with Crippen molar-refractivity contribution in [3.8, 4) is 11.5 Å². The van der Waals surface area contributed by atoms with Crippen molar-refractivity contribution in [1.82, 2.24) is 20.2 Å². The second-order valence-electron chi connectivity index (χ2n) is 8.57. The van der Waals surface area contributed by atoms with Gasteiger partial charge in [0.05, 0.1) is 26.3 Å². The molecule has 1 fully saturated rings. The number of methoxy groups -OCH3 is 2. The Kier molecular flexibility index (Phi) is 6.54. The van der Waals surface area contributed by atoms with Crippen molar-refractivity contribution < 1.29 is 19.3 Å². The molecule has 1 atom stereocenters. The minimum Gasteiger partial charge on any atom is -0.493 e. The third-order valence-electron chi connectivity index (χ3n) is 5.57. The number of tetrazole rings is 1. The average Bonchev–Trinajstić information content (AvgIpc) is 3.19. The number of aromatic nitrogens is 4. The minimum atomic E-state index is -0.205. The van der Waals surface area contributed by atoms with Crippen LogP contribution in [0.25, 0.3) is 0 Å². The summed E-state index contributed by atoms with van der Waals surface area (Å²) in [7, 11) is 3.32. The second-order valence-corrected chi connectivity index (χ2v) is 8.57. The molecule has 0 unspecified atom stereocenters. The largest absolute Gasteiger partial charge is 0.493 e. The summed E-state index contributed by atoms with van der Waals surface area (Å²) in [5, 5.41) is 12.8. The molecule has 158 valence electrons. The Bertz CT molecular complexity index is 821. The standard InChI is InChI=1S/C21H32N6O2/c1-7-10-25-11-13-26(14-12-25)19(20-22-23-24-27(20)21(2,3)4)16-8-9-17(28-5)18(15-16)29-6/h7-9,15,19H,1,10-14H2,2-6H3/p+2/t19-/m1/s1. The molecule has 1 saturated heterocycles. The predicted octanol–water partition coefficient (Wildman–Crippen LogP) is -0.496. The molecular formula is C21H34N6O2+2. The number of piperazine rings is 1. The van der Waals surface area contributed by atoms with Crippen molar-refractivity contribution in [2.24, 2.45) is 0 Å². The van der Waals surface area contributed by atoms with Crippen LogP contribution in [-0.2, 0) is 5.54 Å². The third-order valence-corrected chi connectivity index (χ3v) is 5.57. The fraction of sp³-hybridized carbons (Fsp3) is 0.571. The van der Waals surface area contributed by atoms with Crippen LogP contribution in [0, 0.1) is 0 Å². The van der Waals surface area contributed by atoms with Crippen molar-refractivity contribution in [3.05, 3.63) is 42.2 Å². The molecule has 1 aromatic carbocycles. The van der Waals surface area contributed by atoms with Gasteiger partial charge < -0.3 is 19.3 Å². The van der Waals surface area contributed by atoms with Gasteiger partial charge >= 0.3 is 0 Å². The van der Waals surface area contributed by atoms with Crippen LogP contribution in [0.5, 0.6) is 11.5 Å². The highest BCUT2D eigenvalue weighted by molar-refractivity contribution is 5.44. The van der Waals surface area contributed by atoms with Crippen LogP contribution in [0.3, 0.4) is 0 Å². The highest BCUT2D eigenvalue weighted by atomic mass is 16.5. The Morgan fingerprint density at radius 1 is 1.14 bits per heavy atom. The fourth-order valence-electron chi connectivity index (χ4n) is 4.07. The maximum atomic E-state index is 5.57. The van der Waals surface area contributed by atoms with Crippen LogP contribution in [0.1, 0.15) is 38.2 Å². The summed E-state index contributed by atoms with van der Waals surface area (Å²) in [6, 6.07) is 6.14. The molecule has 2 N–H and O–H groups in total. The molecule has 1 aromatic heterocycles. The number of quaternary nitrogens is 2. The van der Waals surface area contributed by atoms with E-state index in [1.807, 2.05) is 16.8 Å². The first-order valence-corrected chi connectivity index (χ1v) is 10.2. The molecule has 29 heavy (non-hydrogen) atoms. The van der Waals surface area contributed by atoms with E-state index in [0.717, 1.165) is 55.6 Å². The lowest BCUT2D eigenvalue weighted by Crippen LogP contribution is -3.28. The number of hydrogen-bond acceptors (Lipinski definition) is 5. The summed E-state index contributed by atoms with van der Waals surface area (Å²) < 4.78 is 13.0.